The van der Waals surface area contributed by atoms with Crippen molar-refractivity contribution in [2.45, 2.75) is 38.8 Å². The van der Waals surface area contributed by atoms with Gasteiger partial charge in [0.1, 0.15) is 0 Å². The summed E-state index contributed by atoms with van der Waals surface area (Å²) in [6, 6.07) is 0.467. The number of aliphatic hydroxyl groups is 1. The fraction of sp³-hybridized carbons (Fsp3) is 0.909. The number of hydrogen-bond acceptors (Lipinski definition) is 3. The van der Waals surface area contributed by atoms with Crippen molar-refractivity contribution in [3.63, 3.8) is 0 Å². The van der Waals surface area contributed by atoms with Crippen LogP contribution in [0.5, 0.6) is 0 Å². The molecule has 0 heterocycles. The lowest BCUT2D eigenvalue weighted by molar-refractivity contribution is -0.129. The maximum atomic E-state index is 11.6. The number of likely N-dealkylation sites (N-methyl/N-ethyl adjacent to an activating group) is 1. The van der Waals surface area contributed by atoms with Gasteiger partial charge < -0.3 is 15.3 Å². The molecule has 1 aliphatic rings. The molecule has 1 amide bonds. The Labute approximate surface area is 91.6 Å². The summed E-state index contributed by atoms with van der Waals surface area (Å²) in [5.41, 5.74) is 0. The van der Waals surface area contributed by atoms with Crippen LogP contribution in [0.25, 0.3) is 0 Å². The van der Waals surface area contributed by atoms with Gasteiger partial charge in [-0.3, -0.25) is 4.79 Å². The average Bonchev–Trinajstić information content (AvgIpc) is 2.99. The van der Waals surface area contributed by atoms with Gasteiger partial charge in [0.15, 0.2) is 0 Å². The SMILES string of the molecule is CC(C)C(O)CNCC(=O)N(C)C1CC1. The molecule has 0 aliphatic heterocycles. The molecule has 0 spiro atoms. The van der Waals surface area contributed by atoms with E-state index in [4.69, 9.17) is 0 Å². The van der Waals surface area contributed by atoms with Crippen LogP contribution in [0.15, 0.2) is 0 Å². The van der Waals surface area contributed by atoms with Gasteiger partial charge in [-0.1, -0.05) is 13.8 Å². The molecular weight excluding hydrogens is 192 g/mol. The zero-order chi connectivity index (χ0) is 11.4. The van der Waals surface area contributed by atoms with E-state index < -0.39 is 0 Å². The lowest BCUT2D eigenvalue weighted by atomic mass is 10.1. The van der Waals surface area contributed by atoms with Crippen LogP contribution in [0.2, 0.25) is 0 Å². The highest BCUT2D eigenvalue weighted by molar-refractivity contribution is 5.78. The summed E-state index contributed by atoms with van der Waals surface area (Å²) in [4.78, 5) is 13.4. The van der Waals surface area contributed by atoms with E-state index in [0.717, 1.165) is 12.8 Å². The molecule has 0 bridgehead atoms. The van der Waals surface area contributed by atoms with E-state index in [2.05, 4.69) is 5.32 Å². The number of hydrogen-bond donors (Lipinski definition) is 2. The molecule has 1 fully saturated rings. The van der Waals surface area contributed by atoms with E-state index >= 15 is 0 Å². The molecule has 88 valence electrons. The van der Waals surface area contributed by atoms with Crippen molar-refractivity contribution in [2.75, 3.05) is 20.1 Å². The average molecular weight is 214 g/mol. The molecule has 0 aromatic rings. The third kappa shape index (κ3) is 4.18. The minimum Gasteiger partial charge on any atom is -0.392 e. The van der Waals surface area contributed by atoms with Crippen molar-refractivity contribution >= 4 is 5.91 Å². The van der Waals surface area contributed by atoms with Crippen LogP contribution in [-0.2, 0) is 4.79 Å². The fourth-order valence-corrected chi connectivity index (χ4v) is 1.35. The van der Waals surface area contributed by atoms with Crippen molar-refractivity contribution in [2.24, 2.45) is 5.92 Å². The van der Waals surface area contributed by atoms with Crippen molar-refractivity contribution in [3.8, 4) is 0 Å². The Morgan fingerprint density at radius 1 is 1.53 bits per heavy atom. The van der Waals surface area contributed by atoms with E-state index in [1.54, 1.807) is 4.90 Å². The summed E-state index contributed by atoms with van der Waals surface area (Å²) in [5.74, 6) is 0.349. The predicted molar refractivity (Wildman–Crippen MR) is 59.5 cm³/mol. The van der Waals surface area contributed by atoms with Crippen LogP contribution in [0, 0.1) is 5.92 Å². The number of rotatable bonds is 6. The van der Waals surface area contributed by atoms with Gasteiger partial charge >= 0.3 is 0 Å². The molecule has 2 N–H and O–H groups in total. The standard InChI is InChI=1S/C11H22N2O2/c1-8(2)10(14)6-12-7-11(15)13(3)9-4-5-9/h8-10,12,14H,4-7H2,1-3H3. The number of nitrogens with zero attached hydrogens (tertiary/aromatic N) is 1. The fourth-order valence-electron chi connectivity index (χ4n) is 1.35. The Hall–Kier alpha value is -0.610. The Bertz CT molecular complexity index is 215. The molecule has 0 saturated heterocycles. The maximum Gasteiger partial charge on any atom is 0.236 e. The first-order chi connectivity index (χ1) is 7.02. The van der Waals surface area contributed by atoms with Crippen LogP contribution in [0.3, 0.4) is 0 Å². The van der Waals surface area contributed by atoms with Crippen molar-refractivity contribution in [1.29, 1.82) is 0 Å². The quantitative estimate of drug-likeness (QED) is 0.665. The molecule has 0 aromatic heterocycles. The molecule has 1 atom stereocenters. The Morgan fingerprint density at radius 2 is 2.13 bits per heavy atom. The molecule has 0 aromatic carbocycles. The first-order valence-corrected chi connectivity index (χ1v) is 5.66. The van der Waals surface area contributed by atoms with Gasteiger partial charge in [-0.25, -0.2) is 0 Å². The topological polar surface area (TPSA) is 52.6 Å². The first-order valence-electron chi connectivity index (χ1n) is 5.66. The molecule has 4 nitrogen and oxygen atoms in total. The Kier molecular flexibility index (Phi) is 4.54. The second-order valence-corrected chi connectivity index (χ2v) is 4.68. The predicted octanol–water partition coefficient (Wildman–Crippen LogP) is 0.214. The zero-order valence-corrected chi connectivity index (χ0v) is 9.86. The van der Waals surface area contributed by atoms with Crippen LogP contribution < -0.4 is 5.32 Å². The van der Waals surface area contributed by atoms with Gasteiger partial charge in [0.25, 0.3) is 0 Å². The third-order valence-electron chi connectivity index (χ3n) is 2.89. The largest absolute Gasteiger partial charge is 0.392 e. The smallest absolute Gasteiger partial charge is 0.236 e. The van der Waals surface area contributed by atoms with Crippen LogP contribution in [0.4, 0.5) is 0 Å². The van der Waals surface area contributed by atoms with E-state index in [1.165, 1.54) is 0 Å². The minimum absolute atomic E-state index is 0.119. The third-order valence-corrected chi connectivity index (χ3v) is 2.89. The zero-order valence-electron chi connectivity index (χ0n) is 9.86. The molecule has 1 saturated carbocycles. The summed E-state index contributed by atoms with van der Waals surface area (Å²) >= 11 is 0. The minimum atomic E-state index is -0.371. The van der Waals surface area contributed by atoms with Crippen molar-refractivity contribution in [1.82, 2.24) is 10.2 Å². The van der Waals surface area contributed by atoms with E-state index in [9.17, 15) is 9.90 Å². The molecule has 15 heavy (non-hydrogen) atoms. The molecule has 1 aliphatic carbocycles. The highest BCUT2D eigenvalue weighted by Gasteiger charge is 2.29. The highest BCUT2D eigenvalue weighted by atomic mass is 16.3. The monoisotopic (exact) mass is 214 g/mol. The summed E-state index contributed by atoms with van der Waals surface area (Å²) in [6.45, 7) is 4.74. The highest BCUT2D eigenvalue weighted by Crippen LogP contribution is 2.24. The summed E-state index contributed by atoms with van der Waals surface area (Å²) in [6.07, 6.45) is 1.90. The number of aliphatic hydroxyl groups excluding tert-OH is 1. The van der Waals surface area contributed by atoms with Gasteiger partial charge in [-0.15, -0.1) is 0 Å². The van der Waals surface area contributed by atoms with Gasteiger partial charge in [-0.05, 0) is 18.8 Å². The van der Waals surface area contributed by atoms with Gasteiger partial charge in [0.05, 0.1) is 12.6 Å². The molecule has 4 heteroatoms. The van der Waals surface area contributed by atoms with Gasteiger partial charge in [0.2, 0.25) is 5.91 Å². The van der Waals surface area contributed by atoms with E-state index in [0.29, 0.717) is 19.1 Å². The first kappa shape index (κ1) is 12.5. The van der Waals surface area contributed by atoms with Crippen LogP contribution in [0.1, 0.15) is 26.7 Å². The van der Waals surface area contributed by atoms with Crippen molar-refractivity contribution in [3.05, 3.63) is 0 Å². The lowest BCUT2D eigenvalue weighted by Crippen LogP contribution is -2.40. The van der Waals surface area contributed by atoms with Crippen molar-refractivity contribution < 1.29 is 9.90 Å². The number of amides is 1. The van der Waals surface area contributed by atoms with E-state index in [-0.39, 0.29) is 17.9 Å². The molecule has 0 radical (unpaired) electrons. The molecular formula is C11H22N2O2. The summed E-state index contributed by atoms with van der Waals surface area (Å²) in [5, 5.41) is 12.5. The summed E-state index contributed by atoms with van der Waals surface area (Å²) < 4.78 is 0. The number of nitrogens with one attached hydrogen (secondary N) is 1. The Balaban J connectivity index is 2.11. The summed E-state index contributed by atoms with van der Waals surface area (Å²) in [7, 11) is 1.85. The van der Waals surface area contributed by atoms with Gasteiger partial charge in [-0.2, -0.15) is 0 Å². The van der Waals surface area contributed by atoms with E-state index in [1.807, 2.05) is 20.9 Å². The second kappa shape index (κ2) is 5.47. The van der Waals surface area contributed by atoms with Crippen LogP contribution >= 0.6 is 0 Å². The Morgan fingerprint density at radius 3 is 2.60 bits per heavy atom. The maximum absolute atomic E-state index is 11.6. The van der Waals surface area contributed by atoms with Crippen LogP contribution in [-0.4, -0.2) is 48.2 Å². The second-order valence-electron chi connectivity index (χ2n) is 4.68. The number of carbonyl (C=O) groups is 1. The normalized spacial score (nSPS) is 17.9. The number of carbonyl (C=O) groups excluding carboxylic acids is 1. The lowest BCUT2D eigenvalue weighted by Gasteiger charge is -2.18. The van der Waals surface area contributed by atoms with Gasteiger partial charge in [0, 0.05) is 19.6 Å². The molecule has 1 rings (SSSR count). The molecule has 1 unspecified atom stereocenters.